The van der Waals surface area contributed by atoms with E-state index in [4.69, 9.17) is 4.74 Å². The van der Waals surface area contributed by atoms with Crippen molar-refractivity contribution in [2.45, 2.75) is 19.8 Å². The van der Waals surface area contributed by atoms with E-state index >= 15 is 0 Å². The Morgan fingerprint density at radius 1 is 1.14 bits per heavy atom. The van der Waals surface area contributed by atoms with Gasteiger partial charge in [-0.05, 0) is 41.8 Å². The lowest BCUT2D eigenvalue weighted by atomic mass is 10.0. The molecule has 2 heterocycles. The predicted octanol–water partition coefficient (Wildman–Crippen LogP) is 3.21. The fraction of sp³-hybridized carbons (Fsp3) is 0.391. The molecular formula is C23H28N4O2. The van der Waals surface area contributed by atoms with Gasteiger partial charge in [0.15, 0.2) is 0 Å². The predicted molar refractivity (Wildman–Crippen MR) is 115 cm³/mol. The molecule has 1 aliphatic heterocycles. The summed E-state index contributed by atoms with van der Waals surface area (Å²) in [6.07, 6.45) is 1.81. The maximum Gasteiger partial charge on any atom is 0.251 e. The zero-order valence-corrected chi connectivity index (χ0v) is 17.1. The molecule has 1 saturated heterocycles. The maximum atomic E-state index is 12.5. The summed E-state index contributed by atoms with van der Waals surface area (Å²) >= 11 is 0. The van der Waals surface area contributed by atoms with E-state index in [1.807, 2.05) is 24.5 Å². The molecule has 152 valence electrons. The maximum absolute atomic E-state index is 12.5. The molecular weight excluding hydrogens is 364 g/mol. The summed E-state index contributed by atoms with van der Waals surface area (Å²) in [5.41, 5.74) is 4.83. The topological polar surface area (TPSA) is 59.4 Å². The zero-order valence-electron chi connectivity index (χ0n) is 17.1. The largest absolute Gasteiger partial charge is 0.379 e. The highest BCUT2D eigenvalue weighted by molar-refractivity contribution is 5.97. The Balaban J connectivity index is 1.43. The highest BCUT2D eigenvalue weighted by Crippen LogP contribution is 2.22. The second-order valence-electron chi connectivity index (χ2n) is 7.77. The summed E-state index contributed by atoms with van der Waals surface area (Å²) in [6, 6.07) is 14.2. The Kier molecular flexibility index (Phi) is 5.92. The first-order valence-electron chi connectivity index (χ1n) is 10.3. The Morgan fingerprint density at radius 3 is 2.62 bits per heavy atom. The molecule has 0 radical (unpaired) electrons. The van der Waals surface area contributed by atoms with Gasteiger partial charge in [-0.2, -0.15) is 0 Å². The van der Waals surface area contributed by atoms with Crippen molar-refractivity contribution in [3.63, 3.8) is 0 Å². The van der Waals surface area contributed by atoms with Crippen LogP contribution in [0.2, 0.25) is 0 Å². The molecule has 1 fully saturated rings. The van der Waals surface area contributed by atoms with Gasteiger partial charge in [-0.25, -0.2) is 4.98 Å². The molecule has 6 nitrogen and oxygen atoms in total. The summed E-state index contributed by atoms with van der Waals surface area (Å²) < 4.78 is 7.40. The number of nitrogens with zero attached hydrogens (tertiary/aromatic N) is 3. The van der Waals surface area contributed by atoms with Crippen molar-refractivity contribution in [2.24, 2.45) is 0 Å². The molecule has 1 aliphatic rings. The first-order chi connectivity index (χ1) is 14.1. The number of morpholine rings is 1. The molecule has 2 aromatic carbocycles. The summed E-state index contributed by atoms with van der Waals surface area (Å²) in [5.74, 6) is 0.448. The number of hydrogen-bond donors (Lipinski definition) is 1. The van der Waals surface area contributed by atoms with Crippen molar-refractivity contribution in [2.75, 3.05) is 39.4 Å². The number of imidazole rings is 1. The van der Waals surface area contributed by atoms with E-state index in [2.05, 4.69) is 57.9 Å². The second kappa shape index (κ2) is 8.76. The third kappa shape index (κ3) is 4.49. The summed E-state index contributed by atoms with van der Waals surface area (Å²) in [7, 11) is 0. The van der Waals surface area contributed by atoms with Gasteiger partial charge in [0.2, 0.25) is 0 Å². The van der Waals surface area contributed by atoms with Crippen molar-refractivity contribution in [3.8, 4) is 5.69 Å². The van der Waals surface area contributed by atoms with Crippen LogP contribution in [0.4, 0.5) is 0 Å². The number of fused-ring (bicyclic) bond motifs is 1. The monoisotopic (exact) mass is 392 g/mol. The van der Waals surface area contributed by atoms with E-state index in [1.54, 1.807) is 0 Å². The van der Waals surface area contributed by atoms with E-state index in [0.29, 0.717) is 18.0 Å². The second-order valence-corrected chi connectivity index (χ2v) is 7.77. The van der Waals surface area contributed by atoms with E-state index in [-0.39, 0.29) is 5.91 Å². The standard InChI is InChI=1S/C23H28N4O2/c1-17(2)18-3-6-20(7-4-18)27-16-25-21-15-19(5-8-22(21)27)23(28)24-9-10-26-11-13-29-14-12-26/h3-8,15-17H,9-14H2,1-2H3,(H,24,28). The van der Waals surface area contributed by atoms with Crippen molar-refractivity contribution in [3.05, 3.63) is 59.9 Å². The number of aromatic nitrogens is 2. The molecule has 0 aliphatic carbocycles. The lowest BCUT2D eigenvalue weighted by Crippen LogP contribution is -2.41. The number of amides is 1. The van der Waals surface area contributed by atoms with Gasteiger partial charge in [-0.1, -0.05) is 26.0 Å². The molecule has 0 atom stereocenters. The Morgan fingerprint density at radius 2 is 1.90 bits per heavy atom. The first kappa shape index (κ1) is 19.6. The number of benzene rings is 2. The number of hydrogen-bond acceptors (Lipinski definition) is 4. The van der Waals surface area contributed by atoms with Crippen LogP contribution < -0.4 is 5.32 Å². The molecule has 1 aromatic heterocycles. The Hall–Kier alpha value is -2.70. The van der Waals surface area contributed by atoms with Crippen LogP contribution in [0, 0.1) is 0 Å². The molecule has 0 bridgehead atoms. The minimum atomic E-state index is -0.0593. The normalized spacial score (nSPS) is 15.1. The molecule has 0 unspecified atom stereocenters. The SMILES string of the molecule is CC(C)c1ccc(-n2cnc3cc(C(=O)NCCN4CCOCC4)ccc32)cc1. The average molecular weight is 393 g/mol. The van der Waals surface area contributed by atoms with Gasteiger partial charge in [0.1, 0.15) is 6.33 Å². The smallest absolute Gasteiger partial charge is 0.251 e. The van der Waals surface area contributed by atoms with Crippen LogP contribution in [-0.2, 0) is 4.74 Å². The molecule has 4 rings (SSSR count). The van der Waals surface area contributed by atoms with Gasteiger partial charge in [-0.3, -0.25) is 14.3 Å². The molecule has 0 spiro atoms. The number of rotatable bonds is 6. The first-order valence-corrected chi connectivity index (χ1v) is 10.3. The molecule has 6 heteroatoms. The van der Waals surface area contributed by atoms with E-state index < -0.39 is 0 Å². The summed E-state index contributed by atoms with van der Waals surface area (Å²) in [4.78, 5) is 19.3. The van der Waals surface area contributed by atoms with Gasteiger partial charge in [-0.15, -0.1) is 0 Å². The summed E-state index contributed by atoms with van der Waals surface area (Å²) in [5, 5.41) is 3.01. The number of ether oxygens (including phenoxy) is 1. The van der Waals surface area contributed by atoms with Crippen molar-refractivity contribution in [1.29, 1.82) is 0 Å². The van der Waals surface area contributed by atoms with Crippen LogP contribution in [0.25, 0.3) is 16.7 Å². The van der Waals surface area contributed by atoms with E-state index in [0.717, 1.165) is 49.6 Å². The fourth-order valence-electron chi connectivity index (χ4n) is 3.63. The van der Waals surface area contributed by atoms with E-state index in [9.17, 15) is 4.79 Å². The van der Waals surface area contributed by atoms with Crippen molar-refractivity contribution < 1.29 is 9.53 Å². The summed E-state index contributed by atoms with van der Waals surface area (Å²) in [6.45, 7) is 9.26. The van der Waals surface area contributed by atoms with E-state index in [1.165, 1.54) is 5.56 Å². The minimum absolute atomic E-state index is 0.0593. The van der Waals surface area contributed by atoms with Crippen LogP contribution in [-0.4, -0.2) is 59.8 Å². The minimum Gasteiger partial charge on any atom is -0.379 e. The average Bonchev–Trinajstić information content (AvgIpc) is 3.17. The van der Waals surface area contributed by atoms with Gasteiger partial charge in [0.25, 0.3) is 5.91 Å². The highest BCUT2D eigenvalue weighted by Gasteiger charge is 2.13. The molecule has 1 N–H and O–H groups in total. The molecule has 1 amide bonds. The van der Waals surface area contributed by atoms with Crippen LogP contribution in [0.3, 0.4) is 0 Å². The lowest BCUT2D eigenvalue weighted by molar-refractivity contribution is 0.0383. The zero-order chi connectivity index (χ0) is 20.2. The number of carbonyl (C=O) groups excluding carboxylic acids is 1. The van der Waals surface area contributed by atoms with Gasteiger partial charge in [0, 0.05) is 37.4 Å². The van der Waals surface area contributed by atoms with Crippen LogP contribution in [0.15, 0.2) is 48.8 Å². The third-order valence-electron chi connectivity index (χ3n) is 5.46. The fourth-order valence-corrected chi connectivity index (χ4v) is 3.63. The highest BCUT2D eigenvalue weighted by atomic mass is 16.5. The molecule has 29 heavy (non-hydrogen) atoms. The molecule has 0 saturated carbocycles. The number of nitrogens with one attached hydrogen (secondary N) is 1. The Labute approximate surface area is 171 Å². The number of carbonyl (C=O) groups is 1. The van der Waals surface area contributed by atoms with Crippen LogP contribution >= 0.6 is 0 Å². The van der Waals surface area contributed by atoms with Gasteiger partial charge < -0.3 is 10.1 Å². The molecule has 3 aromatic rings. The quantitative estimate of drug-likeness (QED) is 0.700. The third-order valence-corrected chi connectivity index (χ3v) is 5.46. The lowest BCUT2D eigenvalue weighted by Gasteiger charge is -2.26. The van der Waals surface area contributed by atoms with Crippen molar-refractivity contribution >= 4 is 16.9 Å². The van der Waals surface area contributed by atoms with Crippen LogP contribution in [0.1, 0.15) is 35.7 Å². The van der Waals surface area contributed by atoms with Gasteiger partial charge in [0.05, 0.1) is 24.2 Å². The van der Waals surface area contributed by atoms with Gasteiger partial charge >= 0.3 is 0 Å². The van der Waals surface area contributed by atoms with Crippen LogP contribution in [0.5, 0.6) is 0 Å². The Bertz CT molecular complexity index is 972. The van der Waals surface area contributed by atoms with Crippen molar-refractivity contribution in [1.82, 2.24) is 19.8 Å².